The van der Waals surface area contributed by atoms with Crippen molar-refractivity contribution in [1.82, 2.24) is 9.80 Å². The average Bonchev–Trinajstić information content (AvgIpc) is 2.85. The number of hydrogen-bond donors (Lipinski definition) is 1. The molecule has 0 aromatic carbocycles. The third-order valence-corrected chi connectivity index (χ3v) is 5.76. The molecule has 0 radical (unpaired) electrons. The van der Waals surface area contributed by atoms with Gasteiger partial charge in [0.1, 0.15) is 0 Å². The van der Waals surface area contributed by atoms with Crippen LogP contribution in [0.1, 0.15) is 18.9 Å². The number of hydrogen-bond acceptors (Lipinski definition) is 4. The van der Waals surface area contributed by atoms with E-state index in [9.17, 15) is 0 Å². The smallest absolute Gasteiger partial charge is 0.0701 e. The second-order valence-corrected chi connectivity index (χ2v) is 7.80. The Hall–Kier alpha value is 0.0600. The molecule has 2 N–H and O–H groups in total. The van der Waals surface area contributed by atoms with Crippen molar-refractivity contribution < 1.29 is 0 Å². The second kappa shape index (κ2) is 5.59. The Morgan fingerprint density at radius 1 is 1.67 bits per heavy atom. The van der Waals surface area contributed by atoms with Crippen LogP contribution in [-0.4, -0.2) is 48.6 Å². The van der Waals surface area contributed by atoms with E-state index in [1.807, 2.05) is 0 Å². The summed E-state index contributed by atoms with van der Waals surface area (Å²) in [5, 5.41) is 2.22. The van der Waals surface area contributed by atoms with E-state index < -0.39 is 0 Å². The fourth-order valence-corrected chi connectivity index (χ4v) is 4.04. The maximum Gasteiger partial charge on any atom is 0.0701 e. The average molecular weight is 332 g/mol. The molecule has 5 heteroatoms. The van der Waals surface area contributed by atoms with E-state index in [-0.39, 0.29) is 5.54 Å². The molecule has 102 valence electrons. The van der Waals surface area contributed by atoms with Crippen LogP contribution in [0, 0.1) is 0 Å². The lowest BCUT2D eigenvalue weighted by molar-refractivity contribution is 0.126. The third kappa shape index (κ3) is 2.80. The number of halogens is 1. The second-order valence-electron chi connectivity index (χ2n) is 5.51. The van der Waals surface area contributed by atoms with Crippen LogP contribution in [0.5, 0.6) is 0 Å². The molecular formula is C13H22BrN3S. The molecule has 2 unspecified atom stereocenters. The third-order valence-electron chi connectivity index (χ3n) is 4.20. The monoisotopic (exact) mass is 331 g/mol. The highest BCUT2D eigenvalue weighted by atomic mass is 79.9. The van der Waals surface area contributed by atoms with E-state index in [0.717, 1.165) is 26.1 Å². The molecule has 1 aliphatic rings. The van der Waals surface area contributed by atoms with Crippen molar-refractivity contribution in [3.8, 4) is 0 Å². The number of nitrogens with two attached hydrogens (primary N) is 1. The van der Waals surface area contributed by atoms with Gasteiger partial charge < -0.3 is 10.6 Å². The van der Waals surface area contributed by atoms with Crippen LogP contribution in [0.4, 0.5) is 0 Å². The molecule has 1 saturated heterocycles. The van der Waals surface area contributed by atoms with Gasteiger partial charge in [-0.25, -0.2) is 0 Å². The van der Waals surface area contributed by atoms with Crippen molar-refractivity contribution in [2.24, 2.45) is 5.73 Å². The fourth-order valence-electron chi connectivity index (χ4n) is 2.84. The summed E-state index contributed by atoms with van der Waals surface area (Å²) in [4.78, 5) is 4.84. The molecule has 0 aliphatic carbocycles. The van der Waals surface area contributed by atoms with Crippen molar-refractivity contribution in [2.45, 2.75) is 31.5 Å². The van der Waals surface area contributed by atoms with Crippen LogP contribution in [0.3, 0.4) is 0 Å². The van der Waals surface area contributed by atoms with Gasteiger partial charge in [0.05, 0.1) is 3.79 Å². The van der Waals surface area contributed by atoms with Crippen LogP contribution in [0.15, 0.2) is 15.2 Å². The number of likely N-dealkylation sites (N-methyl/N-ethyl adjacent to an activating group) is 2. The molecule has 1 fully saturated rings. The van der Waals surface area contributed by atoms with Gasteiger partial charge in [-0.05, 0) is 60.4 Å². The minimum atomic E-state index is 0.128. The standard InChI is InChI=1S/C13H22BrN3S/c1-10-5-13(8-15,9-16(10)2)17(3)6-11-4-12(14)18-7-11/h4,7,10H,5-6,8-9,15H2,1-3H3. The first-order valence-electron chi connectivity index (χ1n) is 6.31. The highest BCUT2D eigenvalue weighted by molar-refractivity contribution is 9.11. The van der Waals surface area contributed by atoms with Crippen LogP contribution in [0.2, 0.25) is 0 Å². The maximum absolute atomic E-state index is 6.08. The minimum Gasteiger partial charge on any atom is -0.329 e. The lowest BCUT2D eigenvalue weighted by atomic mass is 9.94. The van der Waals surface area contributed by atoms with E-state index in [4.69, 9.17) is 5.73 Å². The van der Waals surface area contributed by atoms with Crippen molar-refractivity contribution in [3.05, 3.63) is 20.8 Å². The van der Waals surface area contributed by atoms with E-state index in [1.54, 1.807) is 11.3 Å². The lowest BCUT2D eigenvalue weighted by Crippen LogP contribution is -2.53. The molecule has 1 aromatic rings. The fraction of sp³-hybridized carbons (Fsp3) is 0.692. The Bertz CT molecular complexity index is 397. The van der Waals surface area contributed by atoms with Gasteiger partial charge in [-0.1, -0.05) is 0 Å². The minimum absolute atomic E-state index is 0.128. The highest BCUT2D eigenvalue weighted by Gasteiger charge is 2.42. The van der Waals surface area contributed by atoms with E-state index in [2.05, 4.69) is 58.2 Å². The molecule has 1 aliphatic heterocycles. The SMILES string of the molecule is CC1CC(CN)(N(C)Cc2csc(Br)c2)CN1C. The zero-order valence-electron chi connectivity index (χ0n) is 11.3. The normalized spacial score (nSPS) is 29.3. The van der Waals surface area contributed by atoms with Crippen LogP contribution in [0.25, 0.3) is 0 Å². The van der Waals surface area contributed by atoms with Crippen molar-refractivity contribution >= 4 is 27.3 Å². The summed E-state index contributed by atoms with van der Waals surface area (Å²) in [6.45, 7) is 5.04. The molecule has 0 bridgehead atoms. The van der Waals surface area contributed by atoms with E-state index in [1.165, 1.54) is 9.35 Å². The largest absolute Gasteiger partial charge is 0.329 e. The van der Waals surface area contributed by atoms with Gasteiger partial charge in [-0.15, -0.1) is 11.3 Å². The number of likely N-dealkylation sites (tertiary alicyclic amines) is 1. The summed E-state index contributed by atoms with van der Waals surface area (Å²) in [5.74, 6) is 0. The predicted octanol–water partition coefficient (Wildman–Crippen LogP) is 2.36. The molecule has 2 rings (SSSR count). The summed E-state index contributed by atoms with van der Waals surface area (Å²) in [7, 11) is 4.39. The van der Waals surface area contributed by atoms with Gasteiger partial charge in [0.15, 0.2) is 0 Å². The molecule has 2 atom stereocenters. The topological polar surface area (TPSA) is 32.5 Å². The summed E-state index contributed by atoms with van der Waals surface area (Å²) in [6, 6.07) is 2.82. The summed E-state index contributed by atoms with van der Waals surface area (Å²) in [6.07, 6.45) is 1.15. The predicted molar refractivity (Wildman–Crippen MR) is 82.0 cm³/mol. The molecular weight excluding hydrogens is 310 g/mol. The van der Waals surface area contributed by atoms with E-state index in [0.29, 0.717) is 6.04 Å². The van der Waals surface area contributed by atoms with Crippen LogP contribution < -0.4 is 5.73 Å². The first-order valence-corrected chi connectivity index (χ1v) is 7.98. The summed E-state index contributed by atoms with van der Waals surface area (Å²) >= 11 is 5.27. The van der Waals surface area contributed by atoms with Gasteiger partial charge in [-0.2, -0.15) is 0 Å². The first-order chi connectivity index (χ1) is 8.47. The maximum atomic E-state index is 6.08. The zero-order valence-corrected chi connectivity index (χ0v) is 13.7. The Kier molecular flexibility index (Phi) is 4.49. The van der Waals surface area contributed by atoms with Gasteiger partial charge in [0.25, 0.3) is 0 Å². The van der Waals surface area contributed by atoms with Gasteiger partial charge in [0.2, 0.25) is 0 Å². The van der Waals surface area contributed by atoms with Gasteiger partial charge in [-0.3, -0.25) is 4.90 Å². The summed E-state index contributed by atoms with van der Waals surface area (Å²) in [5.41, 5.74) is 7.57. The van der Waals surface area contributed by atoms with Gasteiger partial charge in [0, 0.05) is 31.2 Å². The highest BCUT2D eigenvalue weighted by Crippen LogP contribution is 2.31. The van der Waals surface area contributed by atoms with Crippen molar-refractivity contribution in [3.63, 3.8) is 0 Å². The first kappa shape index (κ1) is 14.5. The number of rotatable bonds is 4. The van der Waals surface area contributed by atoms with Crippen LogP contribution >= 0.6 is 27.3 Å². The molecule has 3 nitrogen and oxygen atoms in total. The van der Waals surface area contributed by atoms with Crippen LogP contribution in [-0.2, 0) is 6.54 Å². The number of nitrogens with zero attached hydrogens (tertiary/aromatic N) is 2. The molecule has 2 heterocycles. The molecule has 1 aromatic heterocycles. The molecule has 0 spiro atoms. The Balaban J connectivity index is 2.08. The van der Waals surface area contributed by atoms with Crippen molar-refractivity contribution in [2.75, 3.05) is 27.2 Å². The quantitative estimate of drug-likeness (QED) is 0.919. The van der Waals surface area contributed by atoms with Gasteiger partial charge >= 0.3 is 0 Å². The zero-order chi connectivity index (χ0) is 13.3. The number of thiophene rings is 1. The molecule has 0 amide bonds. The molecule has 0 saturated carbocycles. The Labute approximate surface area is 122 Å². The lowest BCUT2D eigenvalue weighted by Gasteiger charge is -2.37. The van der Waals surface area contributed by atoms with E-state index >= 15 is 0 Å². The Morgan fingerprint density at radius 2 is 2.39 bits per heavy atom. The van der Waals surface area contributed by atoms with Crippen molar-refractivity contribution in [1.29, 1.82) is 0 Å². The Morgan fingerprint density at radius 3 is 2.83 bits per heavy atom. The molecule has 18 heavy (non-hydrogen) atoms. The summed E-state index contributed by atoms with van der Waals surface area (Å²) < 4.78 is 1.20.